The van der Waals surface area contributed by atoms with Crippen LogP contribution in [0.3, 0.4) is 0 Å². The van der Waals surface area contributed by atoms with Gasteiger partial charge in [0.05, 0.1) is 4.90 Å². The van der Waals surface area contributed by atoms with E-state index < -0.39 is 10.0 Å². The first kappa shape index (κ1) is 21.0. The molecule has 1 amide bonds. The summed E-state index contributed by atoms with van der Waals surface area (Å²) < 4.78 is 29.2. The quantitative estimate of drug-likeness (QED) is 0.678. The third-order valence-electron chi connectivity index (χ3n) is 5.85. The fourth-order valence-electron chi connectivity index (χ4n) is 4.16. The number of fused-ring (bicyclic) bond motifs is 1. The molecule has 0 saturated carbocycles. The fraction of sp³-hybridized carbons (Fsp3) is 0.571. The van der Waals surface area contributed by atoms with Crippen LogP contribution in [0.2, 0.25) is 0 Å². The average Bonchev–Trinajstić information content (AvgIpc) is 3.37. The van der Waals surface area contributed by atoms with Gasteiger partial charge in [-0.2, -0.15) is 4.31 Å². The number of sulfonamides is 1. The van der Waals surface area contributed by atoms with Crippen molar-refractivity contribution in [2.45, 2.75) is 62.8 Å². The number of carbonyl (C=O) groups is 1. The summed E-state index contributed by atoms with van der Waals surface area (Å²) in [5, 5.41) is 11.5. The molecule has 0 bridgehead atoms. The number of aromatic nitrogens is 3. The van der Waals surface area contributed by atoms with Crippen LogP contribution in [0.15, 0.2) is 29.2 Å². The Morgan fingerprint density at radius 2 is 1.83 bits per heavy atom. The van der Waals surface area contributed by atoms with Crippen LogP contribution < -0.4 is 5.32 Å². The number of rotatable bonds is 7. The zero-order chi connectivity index (χ0) is 21.0. The van der Waals surface area contributed by atoms with Gasteiger partial charge in [-0.25, -0.2) is 8.42 Å². The SMILES string of the molecule is O=C(NCCCc1nnc2n1CCCCC2)c1cccc(S(=O)(=O)N2CCCC2)c1. The highest BCUT2D eigenvalue weighted by molar-refractivity contribution is 7.89. The highest BCUT2D eigenvalue weighted by Gasteiger charge is 2.27. The van der Waals surface area contributed by atoms with Crippen molar-refractivity contribution in [2.24, 2.45) is 0 Å². The number of carbonyl (C=O) groups excluding carboxylic acids is 1. The summed E-state index contributed by atoms with van der Waals surface area (Å²) in [5.41, 5.74) is 0.367. The number of nitrogens with zero attached hydrogens (tertiary/aromatic N) is 4. The molecule has 4 rings (SSSR count). The largest absolute Gasteiger partial charge is 0.352 e. The van der Waals surface area contributed by atoms with E-state index in [1.54, 1.807) is 18.2 Å². The van der Waals surface area contributed by atoms with E-state index in [-0.39, 0.29) is 10.8 Å². The number of nitrogens with one attached hydrogen (secondary N) is 1. The maximum atomic E-state index is 12.7. The second kappa shape index (κ2) is 9.26. The normalized spacial score (nSPS) is 17.5. The van der Waals surface area contributed by atoms with Crippen LogP contribution in [-0.2, 0) is 29.4 Å². The lowest BCUT2D eigenvalue weighted by Crippen LogP contribution is -2.29. The molecule has 0 radical (unpaired) electrons. The van der Waals surface area contributed by atoms with Crippen LogP contribution >= 0.6 is 0 Å². The van der Waals surface area contributed by atoms with Gasteiger partial charge in [0.25, 0.3) is 5.91 Å². The number of amides is 1. The molecule has 2 aliphatic heterocycles. The Morgan fingerprint density at radius 1 is 1.03 bits per heavy atom. The van der Waals surface area contributed by atoms with E-state index in [0.29, 0.717) is 25.2 Å². The van der Waals surface area contributed by atoms with Crippen molar-refractivity contribution in [3.05, 3.63) is 41.5 Å². The van der Waals surface area contributed by atoms with E-state index in [9.17, 15) is 13.2 Å². The van der Waals surface area contributed by atoms with Gasteiger partial charge in [0.1, 0.15) is 11.6 Å². The molecule has 1 saturated heterocycles. The van der Waals surface area contributed by atoms with Crippen LogP contribution in [0.5, 0.6) is 0 Å². The van der Waals surface area contributed by atoms with Crippen LogP contribution in [-0.4, -0.2) is 53.0 Å². The molecule has 8 nitrogen and oxygen atoms in total. The number of hydrogen-bond donors (Lipinski definition) is 1. The highest BCUT2D eigenvalue weighted by Crippen LogP contribution is 2.21. The van der Waals surface area contributed by atoms with Crippen LogP contribution in [0.1, 0.15) is 60.5 Å². The molecule has 9 heteroatoms. The first-order chi connectivity index (χ1) is 14.6. The first-order valence-electron chi connectivity index (χ1n) is 10.8. The minimum absolute atomic E-state index is 0.184. The smallest absolute Gasteiger partial charge is 0.251 e. The lowest BCUT2D eigenvalue weighted by molar-refractivity contribution is 0.0953. The Kier molecular flexibility index (Phi) is 6.48. The third kappa shape index (κ3) is 4.57. The summed E-state index contributed by atoms with van der Waals surface area (Å²) in [6.45, 7) is 2.57. The monoisotopic (exact) mass is 431 g/mol. The van der Waals surface area contributed by atoms with Crippen molar-refractivity contribution >= 4 is 15.9 Å². The Bertz CT molecular complexity index is 996. The molecule has 2 aliphatic rings. The van der Waals surface area contributed by atoms with E-state index in [2.05, 4.69) is 20.1 Å². The second-order valence-corrected chi connectivity index (χ2v) is 9.93. The average molecular weight is 432 g/mol. The summed E-state index contributed by atoms with van der Waals surface area (Å²) in [4.78, 5) is 12.7. The van der Waals surface area contributed by atoms with Gasteiger partial charge in [0.2, 0.25) is 10.0 Å². The van der Waals surface area contributed by atoms with Crippen molar-refractivity contribution in [3.8, 4) is 0 Å². The zero-order valence-corrected chi connectivity index (χ0v) is 18.0. The zero-order valence-electron chi connectivity index (χ0n) is 17.2. The van der Waals surface area contributed by atoms with Gasteiger partial charge in [-0.1, -0.05) is 12.5 Å². The molecule has 1 N–H and O–H groups in total. The fourth-order valence-corrected chi connectivity index (χ4v) is 5.72. The molecule has 0 aliphatic carbocycles. The van der Waals surface area contributed by atoms with Gasteiger partial charge in [-0.15, -0.1) is 10.2 Å². The van der Waals surface area contributed by atoms with Crippen molar-refractivity contribution < 1.29 is 13.2 Å². The van der Waals surface area contributed by atoms with Gasteiger partial charge >= 0.3 is 0 Å². The molecule has 0 spiro atoms. The molecule has 0 unspecified atom stereocenters. The van der Waals surface area contributed by atoms with Gasteiger partial charge in [0.15, 0.2) is 0 Å². The van der Waals surface area contributed by atoms with Gasteiger partial charge in [-0.3, -0.25) is 4.79 Å². The Hall–Kier alpha value is -2.26. The molecule has 3 heterocycles. The van der Waals surface area contributed by atoms with E-state index in [4.69, 9.17) is 0 Å². The standard InChI is InChI=1S/C21H29N5O3S/c27-21(17-8-6-9-18(16-17)30(28,29)25-13-4-5-14-25)22-12-7-11-20-24-23-19-10-2-1-3-15-26(19)20/h6,8-9,16H,1-5,7,10-15H2,(H,22,27). The van der Waals surface area contributed by atoms with E-state index in [1.807, 2.05) is 0 Å². The first-order valence-corrected chi connectivity index (χ1v) is 12.3. The summed E-state index contributed by atoms with van der Waals surface area (Å²) in [6.07, 6.45) is 7.83. The topological polar surface area (TPSA) is 97.2 Å². The van der Waals surface area contributed by atoms with Crippen LogP contribution in [0.4, 0.5) is 0 Å². The molecule has 1 aromatic heterocycles. The third-order valence-corrected chi connectivity index (χ3v) is 7.74. The number of hydrogen-bond acceptors (Lipinski definition) is 5. The highest BCUT2D eigenvalue weighted by atomic mass is 32.2. The predicted octanol–water partition coefficient (Wildman–Crippen LogP) is 2.15. The maximum Gasteiger partial charge on any atom is 0.251 e. The van der Waals surface area contributed by atoms with Crippen molar-refractivity contribution in [2.75, 3.05) is 19.6 Å². The number of benzene rings is 1. The Balaban J connectivity index is 1.32. The summed E-state index contributed by atoms with van der Waals surface area (Å²) in [6, 6.07) is 6.31. The van der Waals surface area contributed by atoms with Crippen molar-refractivity contribution in [1.82, 2.24) is 24.4 Å². The minimum atomic E-state index is -3.53. The number of aryl methyl sites for hydroxylation is 2. The minimum Gasteiger partial charge on any atom is -0.352 e. The van der Waals surface area contributed by atoms with E-state index >= 15 is 0 Å². The van der Waals surface area contributed by atoms with Crippen LogP contribution in [0, 0.1) is 0 Å². The maximum absolute atomic E-state index is 12.7. The lowest BCUT2D eigenvalue weighted by atomic mass is 10.2. The summed E-state index contributed by atoms with van der Waals surface area (Å²) in [7, 11) is -3.53. The molecule has 30 heavy (non-hydrogen) atoms. The van der Waals surface area contributed by atoms with Gasteiger partial charge in [-0.05, 0) is 50.3 Å². The van der Waals surface area contributed by atoms with Gasteiger partial charge in [0, 0.05) is 44.6 Å². The second-order valence-electron chi connectivity index (χ2n) is 7.99. The Morgan fingerprint density at radius 3 is 2.67 bits per heavy atom. The van der Waals surface area contributed by atoms with Crippen molar-refractivity contribution in [1.29, 1.82) is 0 Å². The lowest BCUT2D eigenvalue weighted by Gasteiger charge is -2.16. The molecular formula is C21H29N5O3S. The van der Waals surface area contributed by atoms with Crippen LogP contribution in [0.25, 0.3) is 0 Å². The summed E-state index contributed by atoms with van der Waals surface area (Å²) in [5.74, 6) is 1.80. The molecule has 1 fully saturated rings. The van der Waals surface area contributed by atoms with Gasteiger partial charge < -0.3 is 9.88 Å². The van der Waals surface area contributed by atoms with E-state index in [0.717, 1.165) is 56.7 Å². The van der Waals surface area contributed by atoms with E-state index in [1.165, 1.54) is 23.2 Å². The predicted molar refractivity (Wildman–Crippen MR) is 113 cm³/mol. The molecule has 2 aromatic rings. The Labute approximate surface area is 177 Å². The molecular weight excluding hydrogens is 402 g/mol. The molecule has 1 aromatic carbocycles. The molecule has 162 valence electrons. The van der Waals surface area contributed by atoms with Crippen molar-refractivity contribution in [3.63, 3.8) is 0 Å². The summed E-state index contributed by atoms with van der Waals surface area (Å²) >= 11 is 0. The molecule has 0 atom stereocenters.